The number of hydrogen-bond donors (Lipinski definition) is 2. The molecule has 0 unspecified atom stereocenters. The van der Waals surface area contributed by atoms with Gasteiger partial charge >= 0.3 is 6.36 Å². The molecule has 0 bridgehead atoms. The molecule has 22 heavy (non-hydrogen) atoms. The minimum absolute atomic E-state index is 0.297. The lowest BCUT2D eigenvalue weighted by Gasteiger charge is -2.13. The highest BCUT2D eigenvalue weighted by molar-refractivity contribution is 9.10. The van der Waals surface area contributed by atoms with Crippen LogP contribution in [0.15, 0.2) is 45.8 Å². The molecule has 2 nitrogen and oxygen atoms in total. The van der Waals surface area contributed by atoms with Crippen molar-refractivity contribution in [3.8, 4) is 5.75 Å². The number of thiol groups is 1. The Morgan fingerprint density at radius 3 is 2.59 bits per heavy atom. The first kappa shape index (κ1) is 17.3. The first-order valence-electron chi connectivity index (χ1n) is 6.01. The monoisotopic (exact) mass is 411 g/mol. The molecule has 0 aliphatic rings. The van der Waals surface area contributed by atoms with Crippen molar-refractivity contribution < 1.29 is 17.9 Å². The third-order valence-corrected chi connectivity index (χ3v) is 3.94. The van der Waals surface area contributed by atoms with Crippen LogP contribution in [0.4, 0.5) is 18.9 Å². The van der Waals surface area contributed by atoms with Crippen molar-refractivity contribution in [3.05, 3.63) is 51.5 Å². The molecule has 0 heterocycles. The third-order valence-electron chi connectivity index (χ3n) is 2.68. The van der Waals surface area contributed by atoms with Gasteiger partial charge in [0.25, 0.3) is 0 Å². The quantitative estimate of drug-likeness (QED) is 0.610. The average Bonchev–Trinajstić information content (AvgIpc) is 2.41. The number of nitrogens with one attached hydrogen (secondary N) is 1. The summed E-state index contributed by atoms with van der Waals surface area (Å²) in [6, 6.07) is 9.22. The molecule has 0 saturated carbocycles. The highest BCUT2D eigenvalue weighted by Gasteiger charge is 2.31. The van der Waals surface area contributed by atoms with Gasteiger partial charge in [-0.1, -0.05) is 27.5 Å². The summed E-state index contributed by atoms with van der Waals surface area (Å²) in [7, 11) is 0. The van der Waals surface area contributed by atoms with E-state index in [0.717, 1.165) is 21.0 Å². The second-order valence-electron chi connectivity index (χ2n) is 4.32. The van der Waals surface area contributed by atoms with E-state index in [1.54, 1.807) is 0 Å². The second kappa shape index (κ2) is 7.02. The van der Waals surface area contributed by atoms with Crippen molar-refractivity contribution in [2.24, 2.45) is 0 Å². The highest BCUT2D eigenvalue weighted by atomic mass is 79.9. The van der Waals surface area contributed by atoms with Crippen LogP contribution in [0.3, 0.4) is 0 Å². The zero-order valence-electron chi connectivity index (χ0n) is 10.9. The van der Waals surface area contributed by atoms with Crippen LogP contribution < -0.4 is 10.1 Å². The number of halogens is 5. The lowest BCUT2D eigenvalue weighted by Crippen LogP contribution is -2.17. The van der Waals surface area contributed by atoms with Crippen molar-refractivity contribution >= 4 is 45.8 Å². The van der Waals surface area contributed by atoms with Crippen molar-refractivity contribution in [1.82, 2.24) is 0 Å². The summed E-state index contributed by atoms with van der Waals surface area (Å²) in [5.74, 6) is -0.334. The van der Waals surface area contributed by atoms with Crippen molar-refractivity contribution in [3.63, 3.8) is 0 Å². The molecule has 0 aliphatic carbocycles. The van der Waals surface area contributed by atoms with Gasteiger partial charge in [-0.15, -0.1) is 25.8 Å². The van der Waals surface area contributed by atoms with E-state index in [1.165, 1.54) is 12.1 Å². The SMILES string of the molecule is FC(F)(F)Oc1ccc(Cl)c(NCc2cc(Br)ccc2S)c1. The van der Waals surface area contributed by atoms with E-state index in [1.807, 2.05) is 18.2 Å². The number of anilines is 1. The van der Waals surface area contributed by atoms with Crippen LogP contribution in [-0.2, 0) is 6.54 Å². The summed E-state index contributed by atoms with van der Waals surface area (Å²) >= 11 is 13.7. The molecule has 8 heteroatoms. The molecule has 0 aliphatic heterocycles. The van der Waals surface area contributed by atoms with E-state index in [9.17, 15) is 13.2 Å². The van der Waals surface area contributed by atoms with Gasteiger partial charge in [-0.2, -0.15) is 0 Å². The lowest BCUT2D eigenvalue weighted by atomic mass is 10.2. The number of hydrogen-bond acceptors (Lipinski definition) is 3. The molecule has 2 rings (SSSR count). The summed E-state index contributed by atoms with van der Waals surface area (Å²) in [4.78, 5) is 0.759. The van der Waals surface area contributed by atoms with Crippen LogP contribution in [0.25, 0.3) is 0 Å². The fourth-order valence-electron chi connectivity index (χ4n) is 1.72. The zero-order valence-corrected chi connectivity index (χ0v) is 14.2. The van der Waals surface area contributed by atoms with E-state index in [0.29, 0.717) is 17.3 Å². The van der Waals surface area contributed by atoms with E-state index < -0.39 is 6.36 Å². The lowest BCUT2D eigenvalue weighted by molar-refractivity contribution is -0.274. The molecule has 0 saturated heterocycles. The Labute approximate surface area is 144 Å². The summed E-state index contributed by atoms with van der Waals surface area (Å²) in [5, 5.41) is 3.27. The first-order valence-corrected chi connectivity index (χ1v) is 7.63. The van der Waals surface area contributed by atoms with Crippen molar-refractivity contribution in [2.45, 2.75) is 17.8 Å². The number of rotatable bonds is 4. The largest absolute Gasteiger partial charge is 0.573 e. The molecule has 0 aromatic heterocycles. The summed E-state index contributed by atoms with van der Waals surface area (Å²) in [6.07, 6.45) is -4.74. The Morgan fingerprint density at radius 2 is 1.91 bits per heavy atom. The van der Waals surface area contributed by atoms with Gasteiger partial charge in [0.2, 0.25) is 0 Å². The summed E-state index contributed by atoms with van der Waals surface area (Å²) in [5.41, 5.74) is 1.21. The number of benzene rings is 2. The van der Waals surface area contributed by atoms with Crippen LogP contribution in [0.1, 0.15) is 5.56 Å². The number of ether oxygens (including phenoxy) is 1. The summed E-state index contributed by atoms with van der Waals surface area (Å²) < 4.78 is 41.4. The van der Waals surface area contributed by atoms with Gasteiger partial charge in [-0.3, -0.25) is 0 Å². The second-order valence-corrected chi connectivity index (χ2v) is 6.12. The van der Waals surface area contributed by atoms with E-state index in [4.69, 9.17) is 11.6 Å². The van der Waals surface area contributed by atoms with E-state index in [2.05, 4.69) is 38.6 Å². The molecule has 2 aromatic carbocycles. The number of alkyl halides is 3. The van der Waals surface area contributed by atoms with Gasteiger partial charge in [-0.25, -0.2) is 0 Å². The molecule has 0 fully saturated rings. The van der Waals surface area contributed by atoms with Crippen molar-refractivity contribution in [1.29, 1.82) is 0 Å². The molecule has 0 spiro atoms. The van der Waals surface area contributed by atoms with E-state index >= 15 is 0 Å². The Kier molecular flexibility index (Phi) is 5.52. The minimum Gasteiger partial charge on any atom is -0.406 e. The molecule has 0 amide bonds. The van der Waals surface area contributed by atoms with Gasteiger partial charge in [0.15, 0.2) is 0 Å². The maximum atomic E-state index is 12.2. The molecule has 2 aromatic rings. The minimum atomic E-state index is -4.74. The molecular weight excluding hydrogens is 403 g/mol. The van der Waals surface area contributed by atoms with Crippen molar-refractivity contribution in [2.75, 3.05) is 5.32 Å². The molecule has 118 valence electrons. The molecule has 0 atom stereocenters. The fraction of sp³-hybridized carbons (Fsp3) is 0.143. The van der Waals surface area contributed by atoms with Crippen LogP contribution in [0.5, 0.6) is 5.75 Å². The highest BCUT2D eigenvalue weighted by Crippen LogP contribution is 2.31. The van der Waals surface area contributed by atoms with Crippen LogP contribution >= 0.6 is 40.2 Å². The van der Waals surface area contributed by atoms with Gasteiger partial charge in [0, 0.05) is 22.0 Å². The standard InChI is InChI=1S/C14H10BrClF3NOS/c15-9-1-4-13(22)8(5-9)7-20-12-6-10(2-3-11(12)16)21-14(17,18)19/h1-6,20,22H,7H2. The zero-order chi connectivity index (χ0) is 16.3. The Balaban J connectivity index is 2.15. The first-order chi connectivity index (χ1) is 10.2. The van der Waals surface area contributed by atoms with E-state index in [-0.39, 0.29) is 5.75 Å². The predicted octanol–water partition coefficient (Wildman–Crippen LogP) is 5.90. The fourth-order valence-corrected chi connectivity index (χ4v) is 2.53. The maximum absolute atomic E-state index is 12.2. The normalized spacial score (nSPS) is 11.4. The van der Waals surface area contributed by atoms with Crippen LogP contribution in [-0.4, -0.2) is 6.36 Å². The topological polar surface area (TPSA) is 21.3 Å². The van der Waals surface area contributed by atoms with Gasteiger partial charge < -0.3 is 10.1 Å². The van der Waals surface area contributed by atoms with Gasteiger partial charge in [0.05, 0.1) is 10.7 Å². The Morgan fingerprint density at radius 1 is 1.18 bits per heavy atom. The maximum Gasteiger partial charge on any atom is 0.573 e. The molecular formula is C14H10BrClF3NOS. The van der Waals surface area contributed by atoms with Crippen LogP contribution in [0.2, 0.25) is 5.02 Å². The molecule has 1 N–H and O–H groups in total. The predicted molar refractivity (Wildman–Crippen MR) is 86.9 cm³/mol. The van der Waals surface area contributed by atoms with Gasteiger partial charge in [-0.05, 0) is 35.9 Å². The smallest absolute Gasteiger partial charge is 0.406 e. The van der Waals surface area contributed by atoms with Gasteiger partial charge in [0.1, 0.15) is 5.75 Å². The summed E-state index contributed by atoms with van der Waals surface area (Å²) in [6.45, 7) is 0.355. The molecule has 0 radical (unpaired) electrons. The average molecular weight is 413 g/mol. The Bertz CT molecular complexity index is 682. The Hall–Kier alpha value is -1.05. The van der Waals surface area contributed by atoms with Crippen LogP contribution in [0, 0.1) is 0 Å². The third kappa shape index (κ3) is 5.00.